The van der Waals surface area contributed by atoms with E-state index in [1.807, 2.05) is 37.3 Å². The molecule has 0 spiro atoms. The number of aryl methyl sites for hydroxylation is 1. The highest BCUT2D eigenvalue weighted by atomic mass is 19.3. The molecule has 3 heterocycles. The minimum atomic E-state index is -2.61. The second-order valence-corrected chi connectivity index (χ2v) is 10.1. The van der Waals surface area contributed by atoms with Crippen molar-refractivity contribution in [2.75, 3.05) is 5.32 Å². The van der Waals surface area contributed by atoms with Crippen LogP contribution in [0, 0.1) is 6.92 Å². The molecule has 1 aliphatic rings. The van der Waals surface area contributed by atoms with Gasteiger partial charge in [-0.1, -0.05) is 17.7 Å². The fourth-order valence-corrected chi connectivity index (χ4v) is 4.66. The summed E-state index contributed by atoms with van der Waals surface area (Å²) in [5.74, 6) is -2.81. The number of hydrogen-bond donors (Lipinski definition) is 2. The molecule has 0 atom stereocenters. The van der Waals surface area contributed by atoms with Gasteiger partial charge in [0.1, 0.15) is 6.26 Å². The summed E-state index contributed by atoms with van der Waals surface area (Å²) < 4.78 is 34.4. The van der Waals surface area contributed by atoms with Crippen LogP contribution in [-0.4, -0.2) is 31.5 Å². The molecule has 3 aromatic heterocycles. The maximum Gasteiger partial charge on any atom is 0.277 e. The molecule has 0 aliphatic heterocycles. The van der Waals surface area contributed by atoms with Crippen molar-refractivity contribution in [2.24, 2.45) is 0 Å². The zero-order valence-corrected chi connectivity index (χ0v) is 20.4. The van der Waals surface area contributed by atoms with E-state index in [1.165, 1.54) is 6.26 Å². The van der Waals surface area contributed by atoms with E-state index in [-0.39, 0.29) is 24.5 Å². The Morgan fingerprint density at radius 3 is 2.67 bits per heavy atom. The summed E-state index contributed by atoms with van der Waals surface area (Å²) in [6.07, 6.45) is 3.40. The van der Waals surface area contributed by atoms with Gasteiger partial charge in [0.2, 0.25) is 11.8 Å². The normalized spacial score (nSPS) is 16.4. The van der Waals surface area contributed by atoms with Gasteiger partial charge in [-0.05, 0) is 57.9 Å². The number of carbonyl (C=O) groups excluding carboxylic acids is 1. The Kier molecular flexibility index (Phi) is 5.90. The molecular weight excluding hydrogens is 466 g/mol. The summed E-state index contributed by atoms with van der Waals surface area (Å²) in [6.45, 7) is 5.19. The first kappa shape index (κ1) is 24.1. The third-order valence-electron chi connectivity index (χ3n) is 6.66. The maximum absolute atomic E-state index is 13.6. The number of alkyl halides is 2. The van der Waals surface area contributed by atoms with Crippen LogP contribution in [0.1, 0.15) is 72.8 Å². The van der Waals surface area contributed by atoms with Crippen LogP contribution < -0.4 is 5.32 Å². The number of fused-ring (bicyclic) bond motifs is 1. The number of aromatic nitrogens is 3. The monoisotopic (exact) mass is 494 g/mol. The standard InChI is InChI=1S/C27H28F2N4O3/c1-16-5-4-6-18(11-16)25-31-23(15-36-25)24(34)30-22-13-19-12-21(17-7-9-27(28,29)10-8-17)32-33(19)14-20(22)26(2,3)35/h4-6,11-15,17,35H,7-10H2,1-3H3,(H,30,34). The highest BCUT2D eigenvalue weighted by Crippen LogP contribution is 2.41. The molecule has 1 saturated carbocycles. The molecule has 0 unspecified atom stereocenters. The summed E-state index contributed by atoms with van der Waals surface area (Å²) in [4.78, 5) is 17.4. The minimum Gasteiger partial charge on any atom is -0.444 e. The highest BCUT2D eigenvalue weighted by molar-refractivity contribution is 6.03. The molecule has 188 valence electrons. The zero-order chi connectivity index (χ0) is 25.7. The van der Waals surface area contributed by atoms with E-state index in [9.17, 15) is 18.7 Å². The second kappa shape index (κ2) is 8.81. The van der Waals surface area contributed by atoms with Crippen LogP contribution >= 0.6 is 0 Å². The van der Waals surface area contributed by atoms with Crippen LogP contribution in [0.3, 0.4) is 0 Å². The Hall–Kier alpha value is -3.59. The van der Waals surface area contributed by atoms with E-state index in [0.717, 1.165) is 16.8 Å². The number of anilines is 1. The quantitative estimate of drug-likeness (QED) is 0.351. The zero-order valence-electron chi connectivity index (χ0n) is 20.4. The van der Waals surface area contributed by atoms with Gasteiger partial charge in [-0.15, -0.1) is 0 Å². The average molecular weight is 495 g/mol. The lowest BCUT2D eigenvalue weighted by Crippen LogP contribution is -2.23. The van der Waals surface area contributed by atoms with Gasteiger partial charge >= 0.3 is 0 Å². The van der Waals surface area contributed by atoms with E-state index in [2.05, 4.69) is 15.4 Å². The van der Waals surface area contributed by atoms with Gasteiger partial charge in [0.25, 0.3) is 5.91 Å². The number of carbonyl (C=O) groups is 1. The van der Waals surface area contributed by atoms with Crippen LogP contribution in [0.4, 0.5) is 14.5 Å². The minimum absolute atomic E-state index is 0.0525. The van der Waals surface area contributed by atoms with Gasteiger partial charge in [0.15, 0.2) is 5.69 Å². The number of hydrogen-bond acceptors (Lipinski definition) is 5. The average Bonchev–Trinajstić information content (AvgIpc) is 3.45. The molecule has 7 nitrogen and oxygen atoms in total. The molecule has 0 bridgehead atoms. The lowest BCUT2D eigenvalue weighted by atomic mass is 9.85. The third-order valence-corrected chi connectivity index (χ3v) is 6.66. The maximum atomic E-state index is 13.6. The summed E-state index contributed by atoms with van der Waals surface area (Å²) >= 11 is 0. The first-order valence-electron chi connectivity index (χ1n) is 12.0. The van der Waals surface area contributed by atoms with Crippen molar-refractivity contribution in [3.63, 3.8) is 0 Å². The molecule has 5 rings (SSSR count). The summed E-state index contributed by atoms with van der Waals surface area (Å²) in [5.41, 5.74) is 2.90. The number of amides is 1. The molecule has 0 radical (unpaired) electrons. The van der Waals surface area contributed by atoms with E-state index in [4.69, 9.17) is 4.42 Å². The number of rotatable bonds is 5. The van der Waals surface area contributed by atoms with Crippen molar-refractivity contribution in [3.8, 4) is 11.5 Å². The van der Waals surface area contributed by atoms with Crippen molar-refractivity contribution in [3.05, 3.63) is 71.4 Å². The molecule has 9 heteroatoms. The Labute approximate surface area is 207 Å². The lowest BCUT2D eigenvalue weighted by molar-refractivity contribution is -0.0385. The number of nitrogens with zero attached hydrogens (tertiary/aromatic N) is 3. The SMILES string of the molecule is Cc1cccc(-c2nc(C(=O)Nc3cc4cc(C5CCC(F)(F)CC5)nn4cc3C(C)(C)O)co2)c1. The van der Waals surface area contributed by atoms with Gasteiger partial charge in [0.05, 0.1) is 22.5 Å². The summed E-state index contributed by atoms with van der Waals surface area (Å²) in [7, 11) is 0. The van der Waals surface area contributed by atoms with Gasteiger partial charge < -0.3 is 14.8 Å². The number of oxazole rings is 1. The van der Waals surface area contributed by atoms with Gasteiger partial charge in [-0.25, -0.2) is 18.3 Å². The Morgan fingerprint density at radius 2 is 1.97 bits per heavy atom. The van der Waals surface area contributed by atoms with Crippen LogP contribution in [-0.2, 0) is 5.60 Å². The van der Waals surface area contributed by atoms with E-state index < -0.39 is 17.4 Å². The Balaban J connectivity index is 1.43. The highest BCUT2D eigenvalue weighted by Gasteiger charge is 2.36. The molecule has 4 aromatic rings. The number of pyridine rings is 1. The predicted octanol–water partition coefficient (Wildman–Crippen LogP) is 6.07. The fraction of sp³-hybridized carbons (Fsp3) is 0.370. The third kappa shape index (κ3) is 4.88. The lowest BCUT2D eigenvalue weighted by Gasteiger charge is -2.26. The molecule has 36 heavy (non-hydrogen) atoms. The summed E-state index contributed by atoms with van der Waals surface area (Å²) in [6, 6.07) is 11.2. The number of aliphatic hydroxyl groups is 1. The van der Waals surface area contributed by atoms with Crippen LogP contribution in [0.5, 0.6) is 0 Å². The van der Waals surface area contributed by atoms with Gasteiger partial charge in [-0.2, -0.15) is 5.10 Å². The van der Waals surface area contributed by atoms with Crippen LogP contribution in [0.2, 0.25) is 0 Å². The Bertz CT molecular complexity index is 1420. The molecule has 1 aliphatic carbocycles. The molecule has 1 aromatic carbocycles. The molecule has 1 fully saturated rings. The van der Waals surface area contributed by atoms with E-state index in [1.54, 1.807) is 30.6 Å². The first-order valence-corrected chi connectivity index (χ1v) is 12.0. The Morgan fingerprint density at radius 1 is 1.22 bits per heavy atom. The largest absolute Gasteiger partial charge is 0.444 e. The fourth-order valence-electron chi connectivity index (χ4n) is 4.66. The topological polar surface area (TPSA) is 92.7 Å². The van der Waals surface area contributed by atoms with Crippen molar-refractivity contribution < 1.29 is 23.1 Å². The number of halogens is 2. The smallest absolute Gasteiger partial charge is 0.277 e. The van der Waals surface area contributed by atoms with Gasteiger partial charge in [-0.3, -0.25) is 4.79 Å². The van der Waals surface area contributed by atoms with Crippen molar-refractivity contribution in [2.45, 2.75) is 63.9 Å². The molecular formula is C27H28F2N4O3. The van der Waals surface area contributed by atoms with E-state index >= 15 is 0 Å². The van der Waals surface area contributed by atoms with E-state index in [0.29, 0.717) is 35.5 Å². The molecule has 0 saturated heterocycles. The number of benzene rings is 1. The van der Waals surface area contributed by atoms with Gasteiger partial charge in [0, 0.05) is 36.1 Å². The predicted molar refractivity (Wildman–Crippen MR) is 131 cm³/mol. The first-order chi connectivity index (χ1) is 17.0. The van der Waals surface area contributed by atoms with Crippen molar-refractivity contribution in [1.82, 2.24) is 14.6 Å². The van der Waals surface area contributed by atoms with Crippen LogP contribution in [0.15, 0.2) is 53.3 Å². The molecule has 2 N–H and O–H groups in total. The van der Waals surface area contributed by atoms with Crippen molar-refractivity contribution in [1.29, 1.82) is 0 Å². The second-order valence-electron chi connectivity index (χ2n) is 10.1. The summed E-state index contributed by atoms with van der Waals surface area (Å²) in [5, 5.41) is 18.2. The van der Waals surface area contributed by atoms with Crippen molar-refractivity contribution >= 4 is 17.1 Å². The molecule has 1 amide bonds. The number of nitrogens with one attached hydrogen (secondary N) is 1. The van der Waals surface area contributed by atoms with Crippen LogP contribution in [0.25, 0.3) is 17.0 Å².